The molecular weight excluding hydrogens is 332 g/mol. The van der Waals surface area contributed by atoms with Crippen LogP contribution in [-0.2, 0) is 5.88 Å². The zero-order chi connectivity index (χ0) is 13.1. The lowest BCUT2D eigenvalue weighted by atomic mass is 10.3. The maximum absolute atomic E-state index is 6.02. The zero-order valence-corrected chi connectivity index (χ0v) is 13.6. The molecule has 1 atom stereocenters. The van der Waals surface area contributed by atoms with Crippen molar-refractivity contribution in [2.45, 2.75) is 25.8 Å². The van der Waals surface area contributed by atoms with E-state index in [2.05, 4.69) is 51.5 Å². The smallest absolute Gasteiger partial charge is 0.125 e. The molecule has 0 fully saturated rings. The Bertz CT molecular complexity index is 541. The summed E-state index contributed by atoms with van der Waals surface area (Å²) in [6.45, 7) is 4.41. The van der Waals surface area contributed by atoms with Crippen LogP contribution in [0.25, 0.3) is 11.0 Å². The van der Waals surface area contributed by atoms with Crippen molar-refractivity contribution < 1.29 is 0 Å². The number of halogens is 2. The molecule has 0 spiro atoms. The Kier molecular flexibility index (Phi) is 4.98. The van der Waals surface area contributed by atoms with E-state index in [4.69, 9.17) is 11.6 Å². The average molecular weight is 348 g/mol. The number of fused-ring (bicyclic) bond motifs is 1. The van der Waals surface area contributed by atoms with Crippen LogP contribution >= 0.6 is 39.3 Å². The van der Waals surface area contributed by atoms with E-state index >= 15 is 0 Å². The van der Waals surface area contributed by atoms with Crippen LogP contribution in [0.4, 0.5) is 0 Å². The molecule has 0 radical (unpaired) electrons. The number of hydrogen-bond acceptors (Lipinski definition) is 2. The van der Waals surface area contributed by atoms with Crippen molar-refractivity contribution in [1.82, 2.24) is 9.55 Å². The molecule has 0 saturated heterocycles. The van der Waals surface area contributed by atoms with Gasteiger partial charge in [-0.15, -0.1) is 11.6 Å². The van der Waals surface area contributed by atoms with Gasteiger partial charge in [0.25, 0.3) is 0 Å². The predicted molar refractivity (Wildman–Crippen MR) is 84.7 cm³/mol. The number of thioether (sulfide) groups is 1. The molecule has 0 N–H and O–H groups in total. The predicted octanol–water partition coefficient (Wildman–Crippen LogP) is 4.85. The van der Waals surface area contributed by atoms with Gasteiger partial charge in [0.15, 0.2) is 0 Å². The van der Waals surface area contributed by atoms with Crippen molar-refractivity contribution in [1.29, 1.82) is 0 Å². The lowest BCUT2D eigenvalue weighted by Crippen LogP contribution is -2.11. The molecule has 2 rings (SSSR count). The SMILES string of the molecule is CCSCC(C)n1c(CCl)nc2cc(Br)ccc21. The van der Waals surface area contributed by atoms with Crippen molar-refractivity contribution >= 4 is 50.3 Å². The molecule has 2 nitrogen and oxygen atoms in total. The third-order valence-electron chi connectivity index (χ3n) is 2.85. The summed E-state index contributed by atoms with van der Waals surface area (Å²) in [6.07, 6.45) is 0. The maximum atomic E-state index is 6.02. The second kappa shape index (κ2) is 6.31. The fourth-order valence-electron chi connectivity index (χ4n) is 2.07. The zero-order valence-electron chi connectivity index (χ0n) is 10.5. The highest BCUT2D eigenvalue weighted by Crippen LogP contribution is 2.26. The van der Waals surface area contributed by atoms with E-state index in [1.165, 1.54) is 0 Å². The Balaban J connectivity index is 2.46. The Morgan fingerprint density at radius 3 is 2.94 bits per heavy atom. The van der Waals surface area contributed by atoms with Gasteiger partial charge in [0.2, 0.25) is 0 Å². The molecule has 1 heterocycles. The Morgan fingerprint density at radius 1 is 1.50 bits per heavy atom. The second-order valence-corrected chi connectivity index (χ2v) is 6.68. The maximum Gasteiger partial charge on any atom is 0.125 e. The minimum Gasteiger partial charge on any atom is -0.323 e. The number of alkyl halides is 1. The van der Waals surface area contributed by atoms with Gasteiger partial charge < -0.3 is 4.57 Å². The highest BCUT2D eigenvalue weighted by molar-refractivity contribution is 9.10. The first kappa shape index (κ1) is 14.2. The van der Waals surface area contributed by atoms with Crippen LogP contribution in [0.5, 0.6) is 0 Å². The minimum atomic E-state index is 0.412. The first-order valence-electron chi connectivity index (χ1n) is 5.97. The molecule has 5 heteroatoms. The molecule has 0 aliphatic carbocycles. The summed E-state index contributed by atoms with van der Waals surface area (Å²) < 4.78 is 3.31. The van der Waals surface area contributed by atoms with E-state index in [-0.39, 0.29) is 0 Å². The van der Waals surface area contributed by atoms with Gasteiger partial charge in [-0.25, -0.2) is 4.98 Å². The molecule has 0 saturated carbocycles. The molecular formula is C13H16BrClN2S. The number of imidazole rings is 1. The number of rotatable bonds is 5. The molecule has 18 heavy (non-hydrogen) atoms. The molecule has 0 bridgehead atoms. The largest absolute Gasteiger partial charge is 0.323 e. The van der Waals surface area contributed by atoms with Gasteiger partial charge in [-0.05, 0) is 30.9 Å². The molecule has 0 amide bonds. The van der Waals surface area contributed by atoms with Gasteiger partial charge in [0, 0.05) is 16.3 Å². The quantitative estimate of drug-likeness (QED) is 0.719. The van der Waals surface area contributed by atoms with Gasteiger partial charge in [-0.2, -0.15) is 11.8 Å². The number of hydrogen-bond donors (Lipinski definition) is 0. The Labute approximate surface area is 125 Å². The molecule has 2 aromatic rings. The van der Waals surface area contributed by atoms with Gasteiger partial charge in [0.05, 0.1) is 16.9 Å². The van der Waals surface area contributed by atoms with E-state index in [1.54, 1.807) is 0 Å². The first-order chi connectivity index (χ1) is 8.67. The van der Waals surface area contributed by atoms with Crippen LogP contribution in [0, 0.1) is 0 Å². The second-order valence-electron chi connectivity index (χ2n) is 4.17. The van der Waals surface area contributed by atoms with Crippen molar-refractivity contribution in [3.05, 3.63) is 28.5 Å². The average Bonchev–Trinajstić information content (AvgIpc) is 2.73. The first-order valence-corrected chi connectivity index (χ1v) is 8.45. The summed E-state index contributed by atoms with van der Waals surface area (Å²) in [7, 11) is 0. The van der Waals surface area contributed by atoms with Gasteiger partial charge in [-0.3, -0.25) is 0 Å². The molecule has 98 valence electrons. The molecule has 1 aromatic heterocycles. The Morgan fingerprint density at radius 2 is 2.28 bits per heavy atom. The third kappa shape index (κ3) is 2.86. The standard InChI is InChI=1S/C13H16BrClN2S/c1-3-18-8-9(2)17-12-5-4-10(14)6-11(12)16-13(17)7-15/h4-6,9H,3,7-8H2,1-2H3. The monoisotopic (exact) mass is 346 g/mol. The summed E-state index contributed by atoms with van der Waals surface area (Å²) in [6, 6.07) is 6.62. The molecule has 0 aliphatic heterocycles. The fourth-order valence-corrected chi connectivity index (χ4v) is 3.33. The fraction of sp³-hybridized carbons (Fsp3) is 0.462. The summed E-state index contributed by atoms with van der Waals surface area (Å²) >= 11 is 11.4. The van der Waals surface area contributed by atoms with Crippen LogP contribution in [0.1, 0.15) is 25.7 Å². The number of nitrogens with zero attached hydrogens (tertiary/aromatic N) is 2. The third-order valence-corrected chi connectivity index (χ3v) is 4.71. The molecule has 1 aromatic carbocycles. The van der Waals surface area contributed by atoms with Crippen molar-refractivity contribution in [3.63, 3.8) is 0 Å². The van der Waals surface area contributed by atoms with E-state index in [0.29, 0.717) is 11.9 Å². The lowest BCUT2D eigenvalue weighted by Gasteiger charge is -2.16. The normalized spacial score (nSPS) is 13.1. The summed E-state index contributed by atoms with van der Waals surface area (Å²) in [5.41, 5.74) is 2.17. The molecule has 0 aliphatic rings. The van der Waals surface area contributed by atoms with Crippen molar-refractivity contribution in [2.75, 3.05) is 11.5 Å². The number of benzene rings is 1. The molecule has 1 unspecified atom stereocenters. The van der Waals surface area contributed by atoms with Gasteiger partial charge >= 0.3 is 0 Å². The van der Waals surface area contributed by atoms with Gasteiger partial charge in [-0.1, -0.05) is 22.9 Å². The van der Waals surface area contributed by atoms with Crippen LogP contribution in [0.15, 0.2) is 22.7 Å². The number of aromatic nitrogens is 2. The van der Waals surface area contributed by atoms with E-state index in [9.17, 15) is 0 Å². The van der Waals surface area contributed by atoms with Crippen LogP contribution in [0.3, 0.4) is 0 Å². The topological polar surface area (TPSA) is 17.8 Å². The highest BCUT2D eigenvalue weighted by Gasteiger charge is 2.15. The van der Waals surface area contributed by atoms with E-state index in [1.807, 2.05) is 17.8 Å². The minimum absolute atomic E-state index is 0.412. The van der Waals surface area contributed by atoms with Crippen LogP contribution in [-0.4, -0.2) is 21.1 Å². The summed E-state index contributed by atoms with van der Waals surface area (Å²) in [4.78, 5) is 4.61. The highest BCUT2D eigenvalue weighted by atomic mass is 79.9. The lowest BCUT2D eigenvalue weighted by molar-refractivity contribution is 0.606. The van der Waals surface area contributed by atoms with Crippen LogP contribution in [0.2, 0.25) is 0 Å². The van der Waals surface area contributed by atoms with Crippen molar-refractivity contribution in [3.8, 4) is 0 Å². The van der Waals surface area contributed by atoms with E-state index < -0.39 is 0 Å². The van der Waals surface area contributed by atoms with E-state index in [0.717, 1.165) is 32.8 Å². The van der Waals surface area contributed by atoms with Gasteiger partial charge in [0.1, 0.15) is 5.82 Å². The Hall–Kier alpha value is -0.190. The van der Waals surface area contributed by atoms with Crippen LogP contribution < -0.4 is 0 Å². The van der Waals surface area contributed by atoms with Crippen molar-refractivity contribution in [2.24, 2.45) is 0 Å². The summed E-state index contributed by atoms with van der Waals surface area (Å²) in [5, 5.41) is 0. The summed E-state index contributed by atoms with van der Waals surface area (Å²) in [5.74, 6) is 3.63.